The second-order valence-corrected chi connectivity index (χ2v) is 5.74. The summed E-state index contributed by atoms with van der Waals surface area (Å²) in [6.45, 7) is 2.10. The van der Waals surface area contributed by atoms with Gasteiger partial charge in [0.25, 0.3) is 0 Å². The van der Waals surface area contributed by atoms with Crippen molar-refractivity contribution in [2.75, 3.05) is 0 Å². The topological polar surface area (TPSA) is 37.3 Å². The van der Waals surface area contributed by atoms with Crippen LogP contribution in [-0.2, 0) is 4.79 Å². The third-order valence-corrected chi connectivity index (χ3v) is 4.45. The quantitative estimate of drug-likeness (QED) is 0.889. The highest BCUT2D eigenvalue weighted by Gasteiger charge is 2.36. The second kappa shape index (κ2) is 5.91. The first-order chi connectivity index (χ1) is 9.02. The summed E-state index contributed by atoms with van der Waals surface area (Å²) in [6, 6.07) is 4.54. The number of carbonyl (C=O) groups is 1. The van der Waals surface area contributed by atoms with E-state index in [0.717, 1.165) is 19.3 Å². The van der Waals surface area contributed by atoms with E-state index in [0.29, 0.717) is 22.9 Å². The molecule has 0 amide bonds. The molecule has 0 aromatic heterocycles. The van der Waals surface area contributed by atoms with Gasteiger partial charge in [-0.1, -0.05) is 31.0 Å². The summed E-state index contributed by atoms with van der Waals surface area (Å²) in [5.41, 5.74) is 0.495. The maximum atomic E-state index is 14.0. The number of benzene rings is 1. The maximum absolute atomic E-state index is 14.0. The number of hydrogen-bond acceptors (Lipinski definition) is 1. The standard InChI is InChI=1S/C15H18ClFO2/c1-2-9-3-5-12(15(18)19)13(7-9)11-6-4-10(16)8-14(11)17/h4,6,8-9,12-13H,2-3,5,7H2,1H3,(H,18,19). The summed E-state index contributed by atoms with van der Waals surface area (Å²) in [6.07, 6.45) is 3.30. The Hall–Kier alpha value is -1.09. The molecule has 1 N–H and O–H groups in total. The molecule has 4 heteroatoms. The van der Waals surface area contributed by atoms with Crippen LogP contribution in [0.2, 0.25) is 5.02 Å². The van der Waals surface area contributed by atoms with Crippen LogP contribution in [0.3, 0.4) is 0 Å². The van der Waals surface area contributed by atoms with Gasteiger partial charge in [0, 0.05) is 10.9 Å². The Morgan fingerprint density at radius 2 is 2.21 bits per heavy atom. The predicted octanol–water partition coefficient (Wildman–Crippen LogP) is 4.47. The predicted molar refractivity (Wildman–Crippen MR) is 72.9 cm³/mol. The number of aliphatic carboxylic acids is 1. The van der Waals surface area contributed by atoms with Crippen LogP contribution < -0.4 is 0 Å². The Balaban J connectivity index is 2.33. The molecule has 2 rings (SSSR count). The third-order valence-electron chi connectivity index (χ3n) is 4.22. The van der Waals surface area contributed by atoms with Crippen LogP contribution >= 0.6 is 11.6 Å². The molecule has 0 saturated heterocycles. The molecule has 1 saturated carbocycles. The molecular weight excluding hydrogens is 267 g/mol. The fourth-order valence-electron chi connectivity index (χ4n) is 3.07. The monoisotopic (exact) mass is 284 g/mol. The summed E-state index contributed by atoms with van der Waals surface area (Å²) < 4.78 is 14.0. The average Bonchev–Trinajstić information content (AvgIpc) is 2.38. The van der Waals surface area contributed by atoms with Crippen LogP contribution in [0.25, 0.3) is 0 Å². The first-order valence-electron chi connectivity index (χ1n) is 6.70. The van der Waals surface area contributed by atoms with E-state index in [9.17, 15) is 14.3 Å². The summed E-state index contributed by atoms with van der Waals surface area (Å²) in [4.78, 5) is 11.4. The second-order valence-electron chi connectivity index (χ2n) is 5.30. The number of carboxylic acid groups (broad SMARTS) is 1. The molecule has 0 aliphatic heterocycles. The number of halogens is 2. The summed E-state index contributed by atoms with van der Waals surface area (Å²) in [5.74, 6) is -1.46. The molecule has 0 heterocycles. The molecule has 1 fully saturated rings. The van der Waals surface area contributed by atoms with Gasteiger partial charge in [-0.25, -0.2) is 4.39 Å². The highest BCUT2D eigenvalue weighted by molar-refractivity contribution is 6.30. The smallest absolute Gasteiger partial charge is 0.307 e. The van der Waals surface area contributed by atoms with E-state index in [2.05, 4.69) is 6.92 Å². The van der Waals surface area contributed by atoms with E-state index in [1.54, 1.807) is 12.1 Å². The third kappa shape index (κ3) is 3.08. The lowest BCUT2D eigenvalue weighted by molar-refractivity contribution is -0.143. The van der Waals surface area contributed by atoms with Crippen LogP contribution in [-0.4, -0.2) is 11.1 Å². The average molecular weight is 285 g/mol. The van der Waals surface area contributed by atoms with Gasteiger partial charge in [0.1, 0.15) is 5.82 Å². The van der Waals surface area contributed by atoms with Crippen molar-refractivity contribution in [3.05, 3.63) is 34.6 Å². The fraction of sp³-hybridized carbons (Fsp3) is 0.533. The number of carboxylic acids is 1. The molecule has 0 radical (unpaired) electrons. The normalized spacial score (nSPS) is 27.2. The molecule has 19 heavy (non-hydrogen) atoms. The maximum Gasteiger partial charge on any atom is 0.307 e. The zero-order valence-corrected chi connectivity index (χ0v) is 11.7. The summed E-state index contributed by atoms with van der Waals surface area (Å²) in [7, 11) is 0. The van der Waals surface area contributed by atoms with Crippen LogP contribution in [0.1, 0.15) is 44.1 Å². The lowest BCUT2D eigenvalue weighted by Crippen LogP contribution is -2.29. The summed E-state index contributed by atoms with van der Waals surface area (Å²) >= 11 is 5.75. The Morgan fingerprint density at radius 1 is 1.47 bits per heavy atom. The van der Waals surface area contributed by atoms with Crippen molar-refractivity contribution >= 4 is 17.6 Å². The molecule has 1 aromatic carbocycles. The zero-order valence-electron chi connectivity index (χ0n) is 10.9. The van der Waals surface area contributed by atoms with Gasteiger partial charge >= 0.3 is 5.97 Å². The van der Waals surface area contributed by atoms with Gasteiger partial charge in [-0.05, 0) is 42.9 Å². The van der Waals surface area contributed by atoms with Crippen LogP contribution in [0.4, 0.5) is 4.39 Å². The van der Waals surface area contributed by atoms with Crippen LogP contribution in [0, 0.1) is 17.7 Å². The van der Waals surface area contributed by atoms with Crippen LogP contribution in [0.5, 0.6) is 0 Å². The number of hydrogen-bond donors (Lipinski definition) is 1. The van der Waals surface area contributed by atoms with Crippen molar-refractivity contribution in [2.24, 2.45) is 11.8 Å². The zero-order chi connectivity index (χ0) is 14.0. The lowest BCUT2D eigenvalue weighted by atomic mass is 9.70. The van der Waals surface area contributed by atoms with E-state index in [4.69, 9.17) is 11.6 Å². The van der Waals surface area contributed by atoms with Crippen molar-refractivity contribution in [3.63, 3.8) is 0 Å². The minimum absolute atomic E-state index is 0.242. The van der Waals surface area contributed by atoms with E-state index in [1.165, 1.54) is 6.07 Å². The van der Waals surface area contributed by atoms with Gasteiger partial charge in [0.05, 0.1) is 5.92 Å². The molecule has 1 aromatic rings. The van der Waals surface area contributed by atoms with Crippen molar-refractivity contribution in [1.82, 2.24) is 0 Å². The van der Waals surface area contributed by atoms with Gasteiger partial charge in [0.15, 0.2) is 0 Å². The van der Waals surface area contributed by atoms with E-state index < -0.39 is 11.9 Å². The van der Waals surface area contributed by atoms with Gasteiger partial charge < -0.3 is 5.11 Å². The Morgan fingerprint density at radius 3 is 2.79 bits per heavy atom. The molecule has 2 nitrogen and oxygen atoms in total. The lowest BCUT2D eigenvalue weighted by Gasteiger charge is -2.34. The summed E-state index contributed by atoms with van der Waals surface area (Å²) in [5, 5.41) is 9.67. The fourth-order valence-corrected chi connectivity index (χ4v) is 3.23. The van der Waals surface area contributed by atoms with Crippen molar-refractivity contribution in [1.29, 1.82) is 0 Å². The Kier molecular flexibility index (Phi) is 4.46. The minimum Gasteiger partial charge on any atom is -0.481 e. The molecule has 0 spiro atoms. The first kappa shape index (κ1) is 14.3. The largest absolute Gasteiger partial charge is 0.481 e. The SMILES string of the molecule is CCC1CCC(C(=O)O)C(c2ccc(Cl)cc2F)C1. The van der Waals surface area contributed by atoms with Crippen LogP contribution in [0.15, 0.2) is 18.2 Å². The highest BCUT2D eigenvalue weighted by atomic mass is 35.5. The molecule has 1 aliphatic rings. The van der Waals surface area contributed by atoms with Crippen molar-refractivity contribution < 1.29 is 14.3 Å². The highest BCUT2D eigenvalue weighted by Crippen LogP contribution is 2.42. The first-order valence-corrected chi connectivity index (χ1v) is 7.08. The van der Waals surface area contributed by atoms with Gasteiger partial charge in [-0.3, -0.25) is 4.79 Å². The Labute approximate surface area is 117 Å². The van der Waals surface area contributed by atoms with Crippen molar-refractivity contribution in [3.8, 4) is 0 Å². The number of rotatable bonds is 3. The van der Waals surface area contributed by atoms with Crippen molar-refractivity contribution in [2.45, 2.75) is 38.5 Å². The molecular formula is C15H18ClFO2. The molecule has 3 unspecified atom stereocenters. The minimum atomic E-state index is -0.825. The van der Waals surface area contributed by atoms with Gasteiger partial charge in [-0.2, -0.15) is 0 Å². The van der Waals surface area contributed by atoms with E-state index in [-0.39, 0.29) is 11.7 Å². The van der Waals surface area contributed by atoms with E-state index >= 15 is 0 Å². The van der Waals surface area contributed by atoms with E-state index in [1.807, 2.05) is 0 Å². The Bertz CT molecular complexity index is 475. The molecule has 1 aliphatic carbocycles. The molecule has 0 bridgehead atoms. The van der Waals surface area contributed by atoms with Gasteiger partial charge in [-0.15, -0.1) is 0 Å². The molecule has 104 valence electrons. The molecule has 3 atom stereocenters. The van der Waals surface area contributed by atoms with Gasteiger partial charge in [0.2, 0.25) is 0 Å².